The molecule has 1 N–H and O–H groups in total. The number of carbonyl (C=O) groups is 1. The van der Waals surface area contributed by atoms with Crippen LogP contribution in [0.1, 0.15) is 6.92 Å². The minimum Gasteiger partial charge on any atom is -0.325 e. The second-order valence-corrected chi connectivity index (χ2v) is 7.18. The summed E-state index contributed by atoms with van der Waals surface area (Å²) in [5, 5.41) is 3.13. The lowest BCUT2D eigenvalue weighted by Gasteiger charge is -2.20. The number of benzene rings is 2. The summed E-state index contributed by atoms with van der Waals surface area (Å²) in [5.74, 6) is -0.423. The van der Waals surface area contributed by atoms with E-state index in [4.69, 9.17) is 11.6 Å². The third-order valence-electron chi connectivity index (χ3n) is 3.16. The number of sulfonamides is 1. The monoisotopic (exact) mass is 352 g/mol. The topological polar surface area (TPSA) is 66.5 Å². The Labute approximate surface area is 140 Å². The Kier molecular flexibility index (Phi) is 5.76. The van der Waals surface area contributed by atoms with E-state index in [2.05, 4.69) is 5.32 Å². The van der Waals surface area contributed by atoms with Gasteiger partial charge in [0.05, 0.1) is 11.4 Å². The van der Waals surface area contributed by atoms with Crippen LogP contribution in [0.2, 0.25) is 5.02 Å². The number of halogens is 1. The average Bonchev–Trinajstić information content (AvgIpc) is 2.53. The van der Waals surface area contributed by atoms with Crippen molar-refractivity contribution < 1.29 is 13.2 Å². The fourth-order valence-electron chi connectivity index (χ4n) is 2.04. The third-order valence-corrected chi connectivity index (χ3v) is 5.33. The van der Waals surface area contributed by atoms with Crippen LogP contribution in [0.3, 0.4) is 0 Å². The molecule has 0 heterocycles. The van der Waals surface area contributed by atoms with Crippen molar-refractivity contribution in [3.8, 4) is 0 Å². The van der Waals surface area contributed by atoms with Gasteiger partial charge in [-0.25, -0.2) is 8.42 Å². The van der Waals surface area contributed by atoms with Crippen molar-refractivity contribution in [1.82, 2.24) is 4.31 Å². The second-order valence-electron chi connectivity index (χ2n) is 4.80. The first-order chi connectivity index (χ1) is 10.9. The average molecular weight is 353 g/mol. The minimum absolute atomic E-state index is 0.164. The Morgan fingerprint density at radius 1 is 1.13 bits per heavy atom. The van der Waals surface area contributed by atoms with E-state index in [0.717, 1.165) is 4.31 Å². The second kappa shape index (κ2) is 7.59. The molecule has 5 nitrogen and oxygen atoms in total. The Hall–Kier alpha value is -1.89. The quantitative estimate of drug-likeness (QED) is 0.869. The van der Waals surface area contributed by atoms with E-state index in [1.807, 2.05) is 0 Å². The molecule has 0 atom stereocenters. The van der Waals surface area contributed by atoms with E-state index in [9.17, 15) is 13.2 Å². The first-order valence-electron chi connectivity index (χ1n) is 7.04. The van der Waals surface area contributed by atoms with Crippen LogP contribution < -0.4 is 5.32 Å². The molecule has 2 aromatic rings. The zero-order chi connectivity index (χ0) is 16.9. The normalized spacial score (nSPS) is 11.4. The molecule has 1 amide bonds. The molecule has 122 valence electrons. The van der Waals surface area contributed by atoms with E-state index in [-0.39, 0.29) is 18.0 Å². The van der Waals surface area contributed by atoms with Crippen molar-refractivity contribution in [3.63, 3.8) is 0 Å². The molecule has 23 heavy (non-hydrogen) atoms. The lowest BCUT2D eigenvalue weighted by molar-refractivity contribution is -0.116. The lowest BCUT2D eigenvalue weighted by atomic mass is 10.3. The summed E-state index contributed by atoms with van der Waals surface area (Å²) < 4.78 is 26.2. The molecule has 2 aromatic carbocycles. The Morgan fingerprint density at radius 3 is 2.43 bits per heavy atom. The predicted octanol–water partition coefficient (Wildman–Crippen LogP) is 2.99. The van der Waals surface area contributed by atoms with Crippen molar-refractivity contribution in [1.29, 1.82) is 0 Å². The van der Waals surface area contributed by atoms with E-state index >= 15 is 0 Å². The van der Waals surface area contributed by atoms with Gasteiger partial charge in [0.1, 0.15) is 0 Å². The van der Waals surface area contributed by atoms with E-state index in [0.29, 0.717) is 10.7 Å². The Morgan fingerprint density at radius 2 is 1.83 bits per heavy atom. The van der Waals surface area contributed by atoms with Gasteiger partial charge in [0, 0.05) is 17.3 Å². The highest BCUT2D eigenvalue weighted by molar-refractivity contribution is 7.89. The Balaban J connectivity index is 2.11. The van der Waals surface area contributed by atoms with Crippen LogP contribution in [0.4, 0.5) is 5.69 Å². The van der Waals surface area contributed by atoms with Crippen LogP contribution >= 0.6 is 11.6 Å². The number of amides is 1. The lowest BCUT2D eigenvalue weighted by Crippen LogP contribution is -2.37. The van der Waals surface area contributed by atoms with Crippen LogP contribution in [0, 0.1) is 0 Å². The molecule has 0 spiro atoms. The van der Waals surface area contributed by atoms with Gasteiger partial charge in [-0.1, -0.05) is 42.8 Å². The van der Waals surface area contributed by atoms with Crippen LogP contribution in [0.25, 0.3) is 0 Å². The van der Waals surface area contributed by atoms with Gasteiger partial charge >= 0.3 is 0 Å². The van der Waals surface area contributed by atoms with E-state index in [1.54, 1.807) is 49.4 Å². The summed E-state index contributed by atoms with van der Waals surface area (Å²) in [4.78, 5) is 12.3. The summed E-state index contributed by atoms with van der Waals surface area (Å²) in [6.07, 6.45) is 0. The molecular formula is C16H17ClN2O3S. The summed E-state index contributed by atoms with van der Waals surface area (Å²) in [6, 6.07) is 14.7. The largest absolute Gasteiger partial charge is 0.325 e. The van der Waals surface area contributed by atoms with Gasteiger partial charge in [0.25, 0.3) is 0 Å². The molecular weight excluding hydrogens is 336 g/mol. The fraction of sp³-hybridized carbons (Fsp3) is 0.188. The summed E-state index contributed by atoms with van der Waals surface area (Å²) in [6.45, 7) is 1.62. The smallest absolute Gasteiger partial charge is 0.243 e. The Bertz CT molecular complexity index is 779. The van der Waals surface area contributed by atoms with Gasteiger partial charge in [-0.2, -0.15) is 4.31 Å². The fourth-order valence-corrected chi connectivity index (χ4v) is 3.65. The predicted molar refractivity (Wildman–Crippen MR) is 91.0 cm³/mol. The van der Waals surface area contributed by atoms with E-state index < -0.39 is 15.9 Å². The number of carbonyl (C=O) groups excluding carboxylic acids is 1. The zero-order valence-electron chi connectivity index (χ0n) is 12.6. The summed E-state index contributed by atoms with van der Waals surface area (Å²) in [7, 11) is -3.70. The van der Waals surface area contributed by atoms with Gasteiger partial charge < -0.3 is 5.32 Å². The molecule has 0 saturated heterocycles. The number of nitrogens with zero attached hydrogens (tertiary/aromatic N) is 1. The zero-order valence-corrected chi connectivity index (χ0v) is 14.1. The van der Waals surface area contributed by atoms with E-state index in [1.165, 1.54) is 12.1 Å². The van der Waals surface area contributed by atoms with Crippen LogP contribution in [-0.2, 0) is 14.8 Å². The van der Waals surface area contributed by atoms with Crippen molar-refractivity contribution in [3.05, 3.63) is 59.6 Å². The molecule has 0 aliphatic rings. The third kappa shape index (κ3) is 4.54. The number of nitrogens with one attached hydrogen (secondary N) is 1. The van der Waals surface area contributed by atoms with Crippen LogP contribution in [0.15, 0.2) is 59.5 Å². The van der Waals surface area contributed by atoms with Gasteiger partial charge in [0.2, 0.25) is 15.9 Å². The molecule has 0 aliphatic carbocycles. The number of likely N-dealkylation sites (N-methyl/N-ethyl adjacent to an activating group) is 1. The first-order valence-corrected chi connectivity index (χ1v) is 8.86. The van der Waals surface area contributed by atoms with Gasteiger partial charge in [0.15, 0.2) is 0 Å². The highest BCUT2D eigenvalue weighted by Crippen LogP contribution is 2.17. The summed E-state index contributed by atoms with van der Waals surface area (Å²) in [5.41, 5.74) is 0.524. The number of hydrogen-bond acceptors (Lipinski definition) is 3. The number of anilines is 1. The van der Waals surface area contributed by atoms with Crippen molar-refractivity contribution in [2.45, 2.75) is 11.8 Å². The van der Waals surface area contributed by atoms with Gasteiger partial charge in [-0.3, -0.25) is 4.79 Å². The molecule has 0 aromatic heterocycles. The molecule has 0 saturated carbocycles. The molecule has 0 bridgehead atoms. The standard InChI is InChI=1S/C16H17ClN2O3S/c1-2-19(23(21,22)15-9-4-3-5-10-15)12-16(20)18-14-8-6-7-13(17)11-14/h3-11H,2,12H2,1H3,(H,18,20). The maximum Gasteiger partial charge on any atom is 0.243 e. The van der Waals surface area contributed by atoms with Gasteiger partial charge in [-0.05, 0) is 30.3 Å². The minimum atomic E-state index is -3.70. The van der Waals surface area contributed by atoms with Crippen LogP contribution in [-0.4, -0.2) is 31.7 Å². The highest BCUT2D eigenvalue weighted by atomic mass is 35.5. The highest BCUT2D eigenvalue weighted by Gasteiger charge is 2.24. The maximum atomic E-state index is 12.5. The first kappa shape index (κ1) is 17.5. The van der Waals surface area contributed by atoms with Crippen molar-refractivity contribution in [2.75, 3.05) is 18.4 Å². The molecule has 0 radical (unpaired) electrons. The number of hydrogen-bond donors (Lipinski definition) is 1. The van der Waals surface area contributed by atoms with Gasteiger partial charge in [-0.15, -0.1) is 0 Å². The molecule has 0 aliphatic heterocycles. The molecule has 7 heteroatoms. The van der Waals surface area contributed by atoms with Crippen molar-refractivity contribution >= 4 is 33.2 Å². The number of rotatable bonds is 6. The van der Waals surface area contributed by atoms with Crippen LogP contribution in [0.5, 0.6) is 0 Å². The molecule has 2 rings (SSSR count). The SMILES string of the molecule is CCN(CC(=O)Nc1cccc(Cl)c1)S(=O)(=O)c1ccccc1. The maximum absolute atomic E-state index is 12.5. The summed E-state index contributed by atoms with van der Waals surface area (Å²) >= 11 is 5.86. The molecule has 0 fully saturated rings. The van der Waals surface area contributed by atoms with Crippen molar-refractivity contribution in [2.24, 2.45) is 0 Å². The molecule has 0 unspecified atom stereocenters.